The number of rotatable bonds is 11. The second kappa shape index (κ2) is 13.3. The van der Waals surface area contributed by atoms with Crippen molar-refractivity contribution in [1.29, 1.82) is 5.26 Å². The first-order valence-electron chi connectivity index (χ1n) is 13.4. The fraction of sp³-hybridized carbons (Fsp3) is 0.375. The maximum atomic E-state index is 11.9. The Labute approximate surface area is 229 Å². The maximum Gasteiger partial charge on any atom is 0.163 e. The Morgan fingerprint density at radius 1 is 1.10 bits per heavy atom. The molecule has 7 heteroatoms. The van der Waals surface area contributed by atoms with Crippen molar-refractivity contribution in [3.8, 4) is 23.3 Å². The van der Waals surface area contributed by atoms with Crippen LogP contribution in [0.2, 0.25) is 0 Å². The van der Waals surface area contributed by atoms with Gasteiger partial charge in [0, 0.05) is 12.2 Å². The number of nitrogens with zero attached hydrogens (tertiary/aromatic N) is 1. The van der Waals surface area contributed by atoms with E-state index >= 15 is 0 Å². The van der Waals surface area contributed by atoms with Gasteiger partial charge >= 0.3 is 0 Å². The molecular weight excluding hydrogens is 494 g/mol. The van der Waals surface area contributed by atoms with Gasteiger partial charge in [0.1, 0.15) is 36.0 Å². The summed E-state index contributed by atoms with van der Waals surface area (Å²) in [7, 11) is 1.55. The van der Waals surface area contributed by atoms with Gasteiger partial charge in [-0.1, -0.05) is 43.7 Å². The van der Waals surface area contributed by atoms with Gasteiger partial charge in [0.05, 0.1) is 18.2 Å². The molecule has 1 aliphatic rings. The van der Waals surface area contributed by atoms with E-state index in [1.54, 1.807) is 31.4 Å². The van der Waals surface area contributed by atoms with Crippen molar-refractivity contribution in [3.63, 3.8) is 0 Å². The van der Waals surface area contributed by atoms with E-state index in [1.807, 2.05) is 37.3 Å². The number of carbonyl (C=O) groups excluding carboxylic acids is 1. The lowest BCUT2D eigenvalue weighted by Gasteiger charge is -2.28. The molecule has 1 saturated heterocycles. The van der Waals surface area contributed by atoms with Crippen molar-refractivity contribution in [1.82, 2.24) is 0 Å². The number of methoxy groups -OCH3 is 1. The normalized spacial score (nSPS) is 15.8. The molecule has 204 valence electrons. The number of phenols is 1. The summed E-state index contributed by atoms with van der Waals surface area (Å²) in [6.07, 6.45) is 3.56. The molecule has 3 aromatic rings. The highest BCUT2D eigenvalue weighted by Gasteiger charge is 2.24. The first-order chi connectivity index (χ1) is 18.9. The zero-order valence-corrected chi connectivity index (χ0v) is 22.7. The number of hydrogen-bond donors (Lipinski definition) is 1. The van der Waals surface area contributed by atoms with Crippen LogP contribution in [0.15, 0.2) is 54.6 Å². The van der Waals surface area contributed by atoms with Gasteiger partial charge in [-0.3, -0.25) is 4.79 Å². The fourth-order valence-electron chi connectivity index (χ4n) is 4.77. The summed E-state index contributed by atoms with van der Waals surface area (Å²) in [6.45, 7) is 4.43. The molecule has 7 nitrogen and oxygen atoms in total. The first kappa shape index (κ1) is 28.2. The summed E-state index contributed by atoms with van der Waals surface area (Å²) in [5, 5.41) is 20.2. The highest BCUT2D eigenvalue weighted by molar-refractivity contribution is 5.97. The zero-order valence-electron chi connectivity index (χ0n) is 22.7. The molecule has 1 fully saturated rings. The molecule has 0 saturated carbocycles. The molecule has 0 aliphatic carbocycles. The number of benzene rings is 3. The topological polar surface area (TPSA) is 98.0 Å². The third-order valence-electron chi connectivity index (χ3n) is 6.87. The Morgan fingerprint density at radius 3 is 2.49 bits per heavy atom. The summed E-state index contributed by atoms with van der Waals surface area (Å²) < 4.78 is 23.7. The van der Waals surface area contributed by atoms with Crippen LogP contribution in [-0.4, -0.2) is 30.9 Å². The predicted molar refractivity (Wildman–Crippen MR) is 147 cm³/mol. The van der Waals surface area contributed by atoms with Gasteiger partial charge in [-0.15, -0.1) is 0 Å². The number of Topliss-reactive ketones (excluding diaryl/α,β-unsaturated/α-hetero) is 1. The smallest absolute Gasteiger partial charge is 0.163 e. The van der Waals surface area contributed by atoms with Crippen LogP contribution in [0.5, 0.6) is 17.2 Å². The highest BCUT2D eigenvalue weighted by atomic mass is 16.7. The molecule has 0 amide bonds. The largest absolute Gasteiger partial charge is 0.507 e. The van der Waals surface area contributed by atoms with Crippen LogP contribution in [0.4, 0.5) is 0 Å². The van der Waals surface area contributed by atoms with Crippen LogP contribution < -0.4 is 9.47 Å². The summed E-state index contributed by atoms with van der Waals surface area (Å²) in [4.78, 5) is 11.9. The van der Waals surface area contributed by atoms with Crippen LogP contribution in [-0.2, 0) is 22.5 Å². The van der Waals surface area contributed by atoms with Gasteiger partial charge in [0.15, 0.2) is 12.1 Å². The minimum Gasteiger partial charge on any atom is -0.507 e. The summed E-state index contributed by atoms with van der Waals surface area (Å²) in [5.41, 5.74) is 4.11. The van der Waals surface area contributed by atoms with E-state index in [0.29, 0.717) is 47.8 Å². The van der Waals surface area contributed by atoms with Crippen molar-refractivity contribution in [3.05, 3.63) is 88.0 Å². The molecule has 0 radical (unpaired) electrons. The summed E-state index contributed by atoms with van der Waals surface area (Å²) >= 11 is 0. The minimum atomic E-state index is -0.423. The first-order valence-corrected chi connectivity index (χ1v) is 13.4. The Kier molecular flexibility index (Phi) is 9.59. The van der Waals surface area contributed by atoms with Crippen LogP contribution in [0, 0.1) is 11.3 Å². The molecule has 0 spiro atoms. The Hall–Kier alpha value is -3.86. The highest BCUT2D eigenvalue weighted by Crippen LogP contribution is 2.35. The van der Waals surface area contributed by atoms with E-state index in [1.165, 1.54) is 6.92 Å². The number of ether oxygens (including phenoxy) is 4. The Morgan fingerprint density at radius 2 is 1.85 bits per heavy atom. The van der Waals surface area contributed by atoms with E-state index in [2.05, 4.69) is 6.07 Å². The Bertz CT molecular complexity index is 1320. The molecule has 4 rings (SSSR count). The lowest BCUT2D eigenvalue weighted by molar-refractivity contribution is -0.181. The van der Waals surface area contributed by atoms with Crippen LogP contribution >= 0.6 is 0 Å². The lowest BCUT2D eigenvalue weighted by atomic mass is 9.98. The third-order valence-corrected chi connectivity index (χ3v) is 6.87. The molecule has 2 atom stereocenters. The van der Waals surface area contributed by atoms with Gasteiger partial charge in [-0.05, 0) is 73.6 Å². The van der Waals surface area contributed by atoms with E-state index in [4.69, 9.17) is 18.9 Å². The van der Waals surface area contributed by atoms with Crippen molar-refractivity contribution in [2.75, 3.05) is 13.7 Å². The molecule has 0 bridgehead atoms. The molecule has 2 unspecified atom stereocenters. The van der Waals surface area contributed by atoms with E-state index < -0.39 is 6.10 Å². The number of aromatic hydroxyl groups is 1. The van der Waals surface area contributed by atoms with E-state index in [0.717, 1.165) is 42.4 Å². The number of carbonyl (C=O) groups is 1. The zero-order chi connectivity index (χ0) is 27.8. The summed E-state index contributed by atoms with van der Waals surface area (Å²) in [6, 6.07) is 19.0. The van der Waals surface area contributed by atoms with Gasteiger partial charge in [-0.25, -0.2) is 0 Å². The van der Waals surface area contributed by atoms with Gasteiger partial charge in [0.2, 0.25) is 0 Å². The van der Waals surface area contributed by atoms with Crippen LogP contribution in [0.3, 0.4) is 0 Å². The summed E-state index contributed by atoms with van der Waals surface area (Å²) in [5.74, 6) is 0.909. The number of phenolic OH excluding ortho intramolecular Hbond substituents is 1. The lowest BCUT2D eigenvalue weighted by Crippen LogP contribution is -2.25. The second-order valence-corrected chi connectivity index (χ2v) is 9.66. The molecule has 1 aliphatic heterocycles. The second-order valence-electron chi connectivity index (χ2n) is 9.66. The Balaban J connectivity index is 1.56. The van der Waals surface area contributed by atoms with Gasteiger partial charge < -0.3 is 24.1 Å². The predicted octanol–water partition coefficient (Wildman–Crippen LogP) is 6.64. The van der Waals surface area contributed by atoms with Crippen molar-refractivity contribution in [2.24, 2.45) is 0 Å². The molecular formula is C32H35NO6. The van der Waals surface area contributed by atoms with Gasteiger partial charge in [0.25, 0.3) is 0 Å². The van der Waals surface area contributed by atoms with Crippen molar-refractivity contribution >= 4 is 5.78 Å². The molecule has 1 N–H and O–H groups in total. The number of ketones is 1. The maximum absolute atomic E-state index is 11.9. The standard InChI is InChI=1S/C32H35NO6/c1-4-7-27-29(16-14-26(21(2)34)31(27)35)38-20-22-9-11-23(12-10-22)32(39-30-8-5-6-17-37-30)24-13-15-28(36-3)25(18-24)19-33/h9-16,18,30,32,35H,4-8,17,20H2,1-3H3. The average molecular weight is 530 g/mol. The van der Waals surface area contributed by atoms with Crippen molar-refractivity contribution < 1.29 is 28.8 Å². The monoisotopic (exact) mass is 529 g/mol. The third kappa shape index (κ3) is 6.78. The van der Waals surface area contributed by atoms with Crippen molar-refractivity contribution in [2.45, 2.75) is 65.0 Å². The van der Waals surface area contributed by atoms with Crippen LogP contribution in [0.1, 0.15) is 83.8 Å². The van der Waals surface area contributed by atoms with Gasteiger partial charge in [-0.2, -0.15) is 5.26 Å². The quantitative estimate of drug-likeness (QED) is 0.278. The fourth-order valence-corrected chi connectivity index (χ4v) is 4.77. The minimum absolute atomic E-state index is 0.00153. The SMILES string of the molecule is CCCc1c(OCc2ccc(C(OC3CCCCO3)c3ccc(OC)c(C#N)c3)cc2)ccc(C(C)=O)c1O. The number of nitriles is 1. The van der Waals surface area contributed by atoms with E-state index in [-0.39, 0.29) is 17.8 Å². The number of hydrogen-bond acceptors (Lipinski definition) is 7. The van der Waals surface area contributed by atoms with Crippen LogP contribution in [0.25, 0.3) is 0 Å². The molecule has 39 heavy (non-hydrogen) atoms. The molecule has 0 aromatic heterocycles. The average Bonchev–Trinajstić information content (AvgIpc) is 2.96. The molecule has 1 heterocycles. The van der Waals surface area contributed by atoms with E-state index in [9.17, 15) is 15.2 Å². The molecule has 3 aromatic carbocycles.